The Morgan fingerprint density at radius 1 is 0.737 bits per heavy atom. The maximum atomic E-state index is 5.87. The van der Waals surface area contributed by atoms with E-state index in [-0.39, 0.29) is 29.1 Å². The summed E-state index contributed by atoms with van der Waals surface area (Å²) in [7, 11) is 2.27. The van der Waals surface area contributed by atoms with Gasteiger partial charge in [-0.1, -0.05) is 179 Å². The average Bonchev–Trinajstić information content (AvgIpc) is 3.61. The van der Waals surface area contributed by atoms with Crippen LogP contribution >= 0.6 is 0 Å². The molecule has 6 aliphatic rings. The molecule has 11 rings (SSSR count). The summed E-state index contributed by atoms with van der Waals surface area (Å²) in [6, 6.07) is 40.4. The van der Waals surface area contributed by atoms with Gasteiger partial charge in [-0.15, -0.1) is 0 Å². The third kappa shape index (κ3) is 5.04. The summed E-state index contributed by atoms with van der Waals surface area (Å²) < 4.78 is 0. The van der Waals surface area contributed by atoms with E-state index in [0.717, 1.165) is 12.3 Å². The lowest BCUT2D eigenvalue weighted by Crippen LogP contribution is -2.48. The van der Waals surface area contributed by atoms with E-state index in [1.807, 2.05) is 0 Å². The van der Waals surface area contributed by atoms with E-state index in [1.165, 1.54) is 77.6 Å². The number of allylic oxidation sites excluding steroid dienone is 11. The smallest absolute Gasteiger partial charge is 0.132 e. The molecule has 1 fully saturated rings. The Labute approximate surface area is 337 Å². The Bertz CT molecular complexity index is 2710. The minimum atomic E-state index is -0.212. The second kappa shape index (κ2) is 12.6. The number of nitrogens with one attached hydrogen (secondary N) is 1. The van der Waals surface area contributed by atoms with Crippen LogP contribution in [0.3, 0.4) is 0 Å². The number of aliphatic imine (C=N–C) groups is 1. The molecule has 280 valence electrons. The maximum Gasteiger partial charge on any atom is 0.132 e. The summed E-state index contributed by atoms with van der Waals surface area (Å²) in [5.41, 5.74) is 16.0. The minimum Gasteiger partial charge on any atom is -0.350 e. The Balaban J connectivity index is 1.16. The van der Waals surface area contributed by atoms with Crippen LogP contribution in [0.25, 0.3) is 33.0 Å². The molecule has 0 amide bonds. The second-order valence-electron chi connectivity index (χ2n) is 18.0. The Morgan fingerprint density at radius 3 is 2.32 bits per heavy atom. The monoisotopic (exact) mass is 739 g/mol. The number of benzene rings is 5. The van der Waals surface area contributed by atoms with Gasteiger partial charge in [0.25, 0.3) is 0 Å². The van der Waals surface area contributed by atoms with Crippen molar-refractivity contribution in [1.82, 2.24) is 10.2 Å². The predicted molar refractivity (Wildman–Crippen MR) is 237 cm³/mol. The fourth-order valence-electron chi connectivity index (χ4n) is 11.3. The number of fused-ring (bicyclic) bond motifs is 8. The molecule has 1 N–H and O–H groups in total. The fourth-order valence-corrected chi connectivity index (χ4v) is 11.3. The van der Waals surface area contributed by atoms with Crippen molar-refractivity contribution in [3.8, 4) is 22.3 Å². The van der Waals surface area contributed by atoms with E-state index in [1.54, 1.807) is 0 Å². The lowest BCUT2D eigenvalue weighted by Gasteiger charge is -2.43. The Morgan fingerprint density at radius 2 is 1.47 bits per heavy atom. The number of amidine groups is 1. The minimum absolute atomic E-state index is 0.0106. The van der Waals surface area contributed by atoms with Crippen LogP contribution in [0.4, 0.5) is 0 Å². The molecular weight excluding hydrogens is 691 g/mol. The van der Waals surface area contributed by atoms with Crippen molar-refractivity contribution >= 4 is 16.6 Å². The molecule has 0 saturated heterocycles. The van der Waals surface area contributed by atoms with Crippen molar-refractivity contribution < 1.29 is 0 Å². The van der Waals surface area contributed by atoms with Crippen LogP contribution in [0.1, 0.15) is 68.7 Å². The van der Waals surface area contributed by atoms with Gasteiger partial charge in [0, 0.05) is 28.4 Å². The highest BCUT2D eigenvalue weighted by molar-refractivity contribution is 6.04. The number of hydrogen-bond acceptors (Lipinski definition) is 3. The van der Waals surface area contributed by atoms with Crippen LogP contribution in [0.2, 0.25) is 0 Å². The van der Waals surface area contributed by atoms with Gasteiger partial charge in [-0.2, -0.15) is 0 Å². The Hall–Kier alpha value is -5.77. The van der Waals surface area contributed by atoms with E-state index in [0.29, 0.717) is 11.8 Å². The lowest BCUT2D eigenvalue weighted by molar-refractivity contribution is 0.153. The normalized spacial score (nSPS) is 26.1. The molecule has 1 aliphatic heterocycles. The first-order valence-electron chi connectivity index (χ1n) is 20.8. The molecule has 57 heavy (non-hydrogen) atoms. The molecule has 1 saturated carbocycles. The first-order chi connectivity index (χ1) is 27.7. The molecular formula is C54H49N3. The van der Waals surface area contributed by atoms with Crippen molar-refractivity contribution in [2.45, 2.75) is 51.9 Å². The van der Waals surface area contributed by atoms with Crippen molar-refractivity contribution in [1.29, 1.82) is 0 Å². The average molecular weight is 740 g/mol. The Kier molecular flexibility index (Phi) is 7.63. The van der Waals surface area contributed by atoms with Gasteiger partial charge in [-0.25, -0.2) is 4.99 Å². The molecule has 5 aliphatic carbocycles. The zero-order chi connectivity index (χ0) is 38.6. The van der Waals surface area contributed by atoms with E-state index >= 15 is 0 Å². The highest BCUT2D eigenvalue weighted by atomic mass is 15.4. The van der Waals surface area contributed by atoms with Gasteiger partial charge in [0.15, 0.2) is 0 Å². The standard InChI is InChI=1S/C54H49N3/c1-53(2)42-25-15-13-23-40(42)46-44(53)31-36-19-9-11-21-38(36)48(46)50-55-51(35-29-27-34(28-30-35)33-17-7-6-8-18-33)57(5)52(56-50)49-39-22-12-10-20-37(39)32-45-47(49)41-24-14-16-26-43(41)54(45,3)4/h6-20,22-32,38,40,42,51-52H,21H2,1-5H3,(H,55,56). The van der Waals surface area contributed by atoms with Crippen molar-refractivity contribution in [2.24, 2.45) is 28.2 Å². The molecule has 5 unspecified atom stereocenters. The highest BCUT2D eigenvalue weighted by Crippen LogP contribution is 2.61. The molecule has 0 radical (unpaired) electrons. The van der Waals surface area contributed by atoms with Crippen LogP contribution in [-0.2, 0) is 5.41 Å². The SMILES string of the molecule is CN1C(c2ccc(-c3ccccc3)cc2)N=C(C2=C3C(=CC4=CC=CCC42)C(C)(C)C2C=CC=CC32)NC1c1c2c(cc3ccccc13)C(C)(C)c1ccccc1-2. The second-order valence-corrected chi connectivity index (χ2v) is 18.0. The van der Waals surface area contributed by atoms with Gasteiger partial charge in [0.05, 0.1) is 0 Å². The van der Waals surface area contributed by atoms with Gasteiger partial charge in [0.2, 0.25) is 0 Å². The lowest BCUT2D eigenvalue weighted by atomic mass is 9.71. The summed E-state index contributed by atoms with van der Waals surface area (Å²) in [6.07, 6.45) is 19.5. The third-order valence-corrected chi connectivity index (χ3v) is 14.2. The topological polar surface area (TPSA) is 27.6 Å². The first-order valence-corrected chi connectivity index (χ1v) is 20.8. The van der Waals surface area contributed by atoms with Gasteiger partial charge in [-0.3, -0.25) is 4.90 Å². The van der Waals surface area contributed by atoms with Crippen molar-refractivity contribution in [2.75, 3.05) is 7.05 Å². The number of nitrogens with zero attached hydrogens (tertiary/aromatic N) is 2. The van der Waals surface area contributed by atoms with Crippen molar-refractivity contribution in [3.63, 3.8) is 0 Å². The van der Waals surface area contributed by atoms with Crippen LogP contribution in [0, 0.1) is 23.2 Å². The third-order valence-electron chi connectivity index (χ3n) is 14.2. The quantitative estimate of drug-likeness (QED) is 0.199. The maximum absolute atomic E-state index is 5.87. The molecule has 0 bridgehead atoms. The molecule has 5 atom stereocenters. The molecule has 0 spiro atoms. The highest BCUT2D eigenvalue weighted by Gasteiger charge is 2.52. The van der Waals surface area contributed by atoms with Crippen LogP contribution in [0.5, 0.6) is 0 Å². The van der Waals surface area contributed by atoms with Gasteiger partial charge >= 0.3 is 0 Å². The van der Waals surface area contributed by atoms with Crippen molar-refractivity contribution in [3.05, 3.63) is 202 Å². The molecule has 3 heteroatoms. The summed E-state index contributed by atoms with van der Waals surface area (Å²) in [5, 5.41) is 6.84. The molecule has 0 aromatic heterocycles. The summed E-state index contributed by atoms with van der Waals surface area (Å²) in [5.74, 6) is 1.97. The van der Waals surface area contributed by atoms with Crippen LogP contribution in [-0.4, -0.2) is 17.8 Å². The van der Waals surface area contributed by atoms with Crippen LogP contribution in [0.15, 0.2) is 185 Å². The molecule has 5 aromatic carbocycles. The summed E-state index contributed by atoms with van der Waals surface area (Å²) in [6.45, 7) is 9.70. The zero-order valence-electron chi connectivity index (χ0n) is 33.5. The number of rotatable bonds is 4. The fraction of sp³-hybridized carbons (Fsp3) is 0.241. The van der Waals surface area contributed by atoms with E-state index < -0.39 is 0 Å². The zero-order valence-corrected chi connectivity index (χ0v) is 33.5. The molecule has 1 heterocycles. The molecule has 5 aromatic rings. The number of hydrogen-bond donors (Lipinski definition) is 1. The van der Waals surface area contributed by atoms with E-state index in [4.69, 9.17) is 4.99 Å². The van der Waals surface area contributed by atoms with E-state index in [2.05, 4.69) is 203 Å². The van der Waals surface area contributed by atoms with Gasteiger partial charge in [-0.05, 0) is 97.3 Å². The largest absolute Gasteiger partial charge is 0.350 e. The first kappa shape index (κ1) is 34.5. The van der Waals surface area contributed by atoms with Gasteiger partial charge < -0.3 is 5.32 Å². The van der Waals surface area contributed by atoms with Gasteiger partial charge in [0.1, 0.15) is 18.2 Å². The van der Waals surface area contributed by atoms with E-state index in [9.17, 15) is 0 Å². The summed E-state index contributed by atoms with van der Waals surface area (Å²) >= 11 is 0. The van der Waals surface area contributed by atoms with Crippen LogP contribution < -0.4 is 5.32 Å². The summed E-state index contributed by atoms with van der Waals surface area (Å²) in [4.78, 5) is 8.36. The predicted octanol–water partition coefficient (Wildman–Crippen LogP) is 12.6. The molecule has 3 nitrogen and oxygen atoms in total.